The van der Waals surface area contributed by atoms with Crippen molar-refractivity contribution < 1.29 is 4.74 Å². The molecule has 0 aromatic heterocycles. The molecule has 0 fully saturated rings. The lowest BCUT2D eigenvalue weighted by Gasteiger charge is -2.14. The largest absolute Gasteiger partial charge is 0.381 e. The average Bonchev–Trinajstić information content (AvgIpc) is 2.30. The first-order valence-electron chi connectivity index (χ1n) is 5.10. The van der Waals surface area contributed by atoms with Gasteiger partial charge in [-0.05, 0) is 36.3 Å². The van der Waals surface area contributed by atoms with Gasteiger partial charge >= 0.3 is 0 Å². The van der Waals surface area contributed by atoms with Gasteiger partial charge in [0, 0.05) is 17.3 Å². The molecule has 1 heterocycles. The summed E-state index contributed by atoms with van der Waals surface area (Å²) in [5.74, 6) is 0. The Morgan fingerprint density at radius 3 is 2.73 bits per heavy atom. The highest BCUT2D eigenvalue weighted by Crippen LogP contribution is 2.14. The highest BCUT2D eigenvalue weighted by Gasteiger charge is 2.02. The molecule has 0 aliphatic carbocycles. The summed E-state index contributed by atoms with van der Waals surface area (Å²) in [6.45, 7) is 2.45. The summed E-state index contributed by atoms with van der Waals surface area (Å²) in [7, 11) is 0. The highest BCUT2D eigenvalue weighted by atomic mass is 35.5. The van der Waals surface area contributed by atoms with Crippen molar-refractivity contribution in [2.24, 2.45) is 0 Å². The fourth-order valence-electron chi connectivity index (χ4n) is 1.52. The third-order valence-corrected chi connectivity index (χ3v) is 2.60. The first-order chi connectivity index (χ1) is 7.34. The predicted octanol–water partition coefficient (Wildman–Crippen LogP) is 3.10. The van der Waals surface area contributed by atoms with E-state index in [4.69, 9.17) is 16.3 Å². The third-order valence-electron chi connectivity index (χ3n) is 2.35. The van der Waals surface area contributed by atoms with E-state index >= 15 is 0 Å². The van der Waals surface area contributed by atoms with Crippen LogP contribution in [-0.4, -0.2) is 19.8 Å². The Labute approximate surface area is 94.9 Å². The van der Waals surface area contributed by atoms with Crippen molar-refractivity contribution >= 4 is 17.3 Å². The fourth-order valence-corrected chi connectivity index (χ4v) is 1.64. The Kier molecular flexibility index (Phi) is 3.64. The van der Waals surface area contributed by atoms with Gasteiger partial charge in [-0.2, -0.15) is 0 Å². The molecule has 2 rings (SSSR count). The minimum atomic E-state index is 0.751. The van der Waals surface area contributed by atoms with Gasteiger partial charge in [0.25, 0.3) is 0 Å². The number of halogens is 1. The van der Waals surface area contributed by atoms with Gasteiger partial charge < -0.3 is 10.1 Å². The van der Waals surface area contributed by atoms with Crippen LogP contribution in [0.15, 0.2) is 35.9 Å². The lowest BCUT2D eigenvalue weighted by Crippen LogP contribution is -2.13. The van der Waals surface area contributed by atoms with E-state index in [9.17, 15) is 0 Å². The van der Waals surface area contributed by atoms with E-state index in [1.165, 1.54) is 5.57 Å². The van der Waals surface area contributed by atoms with Gasteiger partial charge in [-0.25, -0.2) is 0 Å². The van der Waals surface area contributed by atoms with Crippen LogP contribution in [0.25, 0.3) is 0 Å². The number of nitrogens with one attached hydrogen (secondary N) is 1. The molecule has 0 radical (unpaired) electrons. The van der Waals surface area contributed by atoms with Crippen molar-refractivity contribution in [1.29, 1.82) is 0 Å². The molecule has 1 N–H and O–H groups in total. The van der Waals surface area contributed by atoms with Crippen LogP contribution in [0.3, 0.4) is 0 Å². The summed E-state index contributed by atoms with van der Waals surface area (Å²) in [5.41, 5.74) is 2.40. The van der Waals surface area contributed by atoms with Crippen LogP contribution in [-0.2, 0) is 4.74 Å². The van der Waals surface area contributed by atoms with Crippen LogP contribution in [0.5, 0.6) is 0 Å². The second kappa shape index (κ2) is 5.19. The molecule has 1 aliphatic rings. The molecule has 2 nitrogen and oxygen atoms in total. The molecule has 0 spiro atoms. The van der Waals surface area contributed by atoms with E-state index < -0.39 is 0 Å². The zero-order chi connectivity index (χ0) is 10.5. The summed E-state index contributed by atoms with van der Waals surface area (Å²) in [4.78, 5) is 0. The third kappa shape index (κ3) is 3.26. The molecule has 0 unspecified atom stereocenters. The highest BCUT2D eigenvalue weighted by molar-refractivity contribution is 6.30. The van der Waals surface area contributed by atoms with Crippen molar-refractivity contribution in [3.05, 3.63) is 40.9 Å². The van der Waals surface area contributed by atoms with E-state index in [1.54, 1.807) is 0 Å². The molecule has 0 saturated heterocycles. The molecule has 15 heavy (non-hydrogen) atoms. The van der Waals surface area contributed by atoms with Crippen LogP contribution in [0.2, 0.25) is 5.02 Å². The lowest BCUT2D eigenvalue weighted by molar-refractivity contribution is 0.150. The molecule has 0 atom stereocenters. The summed E-state index contributed by atoms with van der Waals surface area (Å²) in [5, 5.41) is 4.10. The Bertz CT molecular complexity index is 345. The van der Waals surface area contributed by atoms with Gasteiger partial charge in [-0.3, -0.25) is 0 Å². The molecule has 1 aromatic carbocycles. The number of rotatable bonds is 3. The maximum atomic E-state index is 5.80. The first-order valence-corrected chi connectivity index (χ1v) is 5.47. The maximum Gasteiger partial charge on any atom is 0.0693 e. The molecule has 0 amide bonds. The zero-order valence-electron chi connectivity index (χ0n) is 8.50. The van der Waals surface area contributed by atoms with Crippen LogP contribution < -0.4 is 5.32 Å². The van der Waals surface area contributed by atoms with Crippen LogP contribution in [0, 0.1) is 0 Å². The van der Waals surface area contributed by atoms with Crippen molar-refractivity contribution in [3.63, 3.8) is 0 Å². The maximum absolute atomic E-state index is 5.80. The summed E-state index contributed by atoms with van der Waals surface area (Å²) in [6.07, 6.45) is 3.27. The second-order valence-corrected chi connectivity index (χ2v) is 4.00. The Morgan fingerprint density at radius 1 is 1.27 bits per heavy atom. The monoisotopic (exact) mass is 223 g/mol. The molecular formula is C12H14ClNO. The van der Waals surface area contributed by atoms with E-state index in [-0.39, 0.29) is 0 Å². The molecular weight excluding hydrogens is 210 g/mol. The Balaban J connectivity index is 1.87. The topological polar surface area (TPSA) is 21.3 Å². The second-order valence-electron chi connectivity index (χ2n) is 3.56. The van der Waals surface area contributed by atoms with E-state index in [0.29, 0.717) is 0 Å². The van der Waals surface area contributed by atoms with Gasteiger partial charge in [-0.15, -0.1) is 0 Å². The molecule has 0 saturated carbocycles. The quantitative estimate of drug-likeness (QED) is 0.796. The summed E-state index contributed by atoms with van der Waals surface area (Å²) >= 11 is 5.80. The van der Waals surface area contributed by atoms with Crippen LogP contribution in [0.4, 0.5) is 5.69 Å². The van der Waals surface area contributed by atoms with Gasteiger partial charge in [-0.1, -0.05) is 17.7 Å². The Hall–Kier alpha value is -0.990. The van der Waals surface area contributed by atoms with Gasteiger partial charge in [0.1, 0.15) is 0 Å². The van der Waals surface area contributed by atoms with Crippen molar-refractivity contribution in [3.8, 4) is 0 Å². The number of hydrogen-bond acceptors (Lipinski definition) is 2. The smallest absolute Gasteiger partial charge is 0.0693 e. The molecule has 1 aromatic rings. The van der Waals surface area contributed by atoms with Crippen LogP contribution >= 0.6 is 11.6 Å². The normalized spacial score (nSPS) is 15.9. The van der Waals surface area contributed by atoms with Crippen molar-refractivity contribution in [1.82, 2.24) is 0 Å². The molecule has 3 heteroatoms. The standard InChI is InChI=1S/C12H14ClNO/c13-11-3-5-12(6-4-11)14-8-10-2-1-7-15-9-10/h2-6,14H,1,7-9H2. The summed E-state index contributed by atoms with van der Waals surface area (Å²) < 4.78 is 5.36. The van der Waals surface area contributed by atoms with Crippen LogP contribution in [0.1, 0.15) is 6.42 Å². The number of hydrogen-bond donors (Lipinski definition) is 1. The average molecular weight is 224 g/mol. The molecule has 0 bridgehead atoms. The van der Waals surface area contributed by atoms with E-state index in [2.05, 4.69) is 11.4 Å². The first kappa shape index (κ1) is 10.5. The van der Waals surface area contributed by atoms with Gasteiger partial charge in [0.2, 0.25) is 0 Å². The number of ether oxygens (including phenoxy) is 1. The zero-order valence-corrected chi connectivity index (χ0v) is 9.26. The SMILES string of the molecule is Clc1ccc(NCC2=CCCOC2)cc1. The number of anilines is 1. The minimum absolute atomic E-state index is 0.751. The lowest BCUT2D eigenvalue weighted by atomic mass is 10.2. The van der Waals surface area contributed by atoms with Crippen molar-refractivity contribution in [2.75, 3.05) is 25.1 Å². The van der Waals surface area contributed by atoms with E-state index in [0.717, 1.165) is 36.9 Å². The number of benzene rings is 1. The molecule has 1 aliphatic heterocycles. The minimum Gasteiger partial charge on any atom is -0.381 e. The summed E-state index contributed by atoms with van der Waals surface area (Å²) in [6, 6.07) is 7.73. The van der Waals surface area contributed by atoms with Crippen molar-refractivity contribution in [2.45, 2.75) is 6.42 Å². The Morgan fingerprint density at radius 2 is 2.07 bits per heavy atom. The fraction of sp³-hybridized carbons (Fsp3) is 0.333. The van der Waals surface area contributed by atoms with Gasteiger partial charge in [0.05, 0.1) is 13.2 Å². The predicted molar refractivity (Wildman–Crippen MR) is 63.5 cm³/mol. The molecule has 80 valence electrons. The van der Waals surface area contributed by atoms with Gasteiger partial charge in [0.15, 0.2) is 0 Å². The van der Waals surface area contributed by atoms with E-state index in [1.807, 2.05) is 24.3 Å².